The summed E-state index contributed by atoms with van der Waals surface area (Å²) in [6, 6.07) is 3.96. The molecule has 1 heterocycles. The standard InChI is InChI=1S/C13H18ClFN2O2S/c1-9-13(3-2-6-16-9)17-20(18,19)8-10-4-5-12(15)11(14)7-10/h4-5,7,9,13,16-17H,2-3,6,8H2,1H3. The second-order valence-corrected chi connectivity index (χ2v) is 7.28. The molecule has 2 rings (SSSR count). The minimum Gasteiger partial charge on any atom is -0.313 e. The van der Waals surface area contributed by atoms with Crippen molar-refractivity contribution in [3.8, 4) is 0 Å². The lowest BCUT2D eigenvalue weighted by Gasteiger charge is -2.30. The van der Waals surface area contributed by atoms with Crippen molar-refractivity contribution in [1.29, 1.82) is 0 Å². The maximum atomic E-state index is 13.1. The lowest BCUT2D eigenvalue weighted by Crippen LogP contribution is -2.52. The van der Waals surface area contributed by atoms with E-state index in [0.29, 0.717) is 5.56 Å². The van der Waals surface area contributed by atoms with Crippen LogP contribution in [-0.4, -0.2) is 27.0 Å². The zero-order valence-electron chi connectivity index (χ0n) is 11.2. The molecule has 20 heavy (non-hydrogen) atoms. The van der Waals surface area contributed by atoms with Crippen LogP contribution in [0.15, 0.2) is 18.2 Å². The maximum absolute atomic E-state index is 13.1. The summed E-state index contributed by atoms with van der Waals surface area (Å²) in [7, 11) is -3.47. The van der Waals surface area contributed by atoms with Crippen molar-refractivity contribution >= 4 is 21.6 Å². The normalized spacial score (nSPS) is 23.8. The number of hydrogen-bond acceptors (Lipinski definition) is 3. The summed E-state index contributed by atoms with van der Waals surface area (Å²) in [5, 5.41) is 3.17. The highest BCUT2D eigenvalue weighted by molar-refractivity contribution is 7.88. The van der Waals surface area contributed by atoms with E-state index in [0.717, 1.165) is 19.4 Å². The monoisotopic (exact) mass is 320 g/mol. The van der Waals surface area contributed by atoms with E-state index in [9.17, 15) is 12.8 Å². The van der Waals surface area contributed by atoms with Gasteiger partial charge in [-0.3, -0.25) is 0 Å². The Labute approximate surface area is 123 Å². The molecule has 7 heteroatoms. The Morgan fingerprint density at radius 1 is 1.50 bits per heavy atom. The Kier molecular flexibility index (Phi) is 5.01. The van der Waals surface area contributed by atoms with Gasteiger partial charge in [-0.1, -0.05) is 17.7 Å². The number of sulfonamides is 1. The van der Waals surface area contributed by atoms with Gasteiger partial charge in [0.05, 0.1) is 10.8 Å². The van der Waals surface area contributed by atoms with Gasteiger partial charge in [-0.05, 0) is 44.0 Å². The number of hydrogen-bond donors (Lipinski definition) is 2. The SMILES string of the molecule is CC1NCCCC1NS(=O)(=O)Cc1ccc(F)c(Cl)c1. The molecule has 0 aromatic heterocycles. The molecule has 0 bridgehead atoms. The van der Waals surface area contributed by atoms with E-state index in [4.69, 9.17) is 11.6 Å². The van der Waals surface area contributed by atoms with Gasteiger partial charge in [0.1, 0.15) is 5.82 Å². The fourth-order valence-corrected chi connectivity index (χ4v) is 4.01. The van der Waals surface area contributed by atoms with Crippen molar-refractivity contribution in [2.45, 2.75) is 37.6 Å². The molecule has 1 aliphatic rings. The van der Waals surface area contributed by atoms with Gasteiger partial charge in [-0.25, -0.2) is 17.5 Å². The Hall–Kier alpha value is -0.690. The van der Waals surface area contributed by atoms with Crippen molar-refractivity contribution in [2.75, 3.05) is 6.54 Å². The second kappa shape index (κ2) is 6.39. The highest BCUT2D eigenvalue weighted by Crippen LogP contribution is 2.18. The predicted octanol–water partition coefficient (Wildman–Crippen LogP) is 2.04. The highest BCUT2D eigenvalue weighted by Gasteiger charge is 2.25. The first kappa shape index (κ1) is 15.7. The van der Waals surface area contributed by atoms with Gasteiger partial charge in [-0.2, -0.15) is 0 Å². The van der Waals surface area contributed by atoms with Crippen molar-refractivity contribution < 1.29 is 12.8 Å². The summed E-state index contributed by atoms with van der Waals surface area (Å²) in [6.45, 7) is 2.87. The zero-order valence-corrected chi connectivity index (χ0v) is 12.8. The Bertz CT molecular complexity index is 580. The topological polar surface area (TPSA) is 58.2 Å². The molecule has 2 N–H and O–H groups in total. The van der Waals surface area contributed by atoms with Gasteiger partial charge >= 0.3 is 0 Å². The highest BCUT2D eigenvalue weighted by atomic mass is 35.5. The molecule has 0 saturated carbocycles. The molecule has 0 amide bonds. The summed E-state index contributed by atoms with van der Waals surface area (Å²) in [4.78, 5) is 0. The number of benzene rings is 1. The van der Waals surface area contributed by atoms with Crippen LogP contribution in [0, 0.1) is 5.82 Å². The average molecular weight is 321 g/mol. The Morgan fingerprint density at radius 3 is 2.90 bits per heavy atom. The van der Waals surface area contributed by atoms with Crippen LogP contribution in [-0.2, 0) is 15.8 Å². The summed E-state index contributed by atoms with van der Waals surface area (Å²) < 4.78 is 40.0. The Balaban J connectivity index is 2.04. The van der Waals surface area contributed by atoms with Crippen LogP contribution >= 0.6 is 11.6 Å². The third-order valence-electron chi connectivity index (χ3n) is 3.43. The van der Waals surface area contributed by atoms with Crippen LogP contribution in [0.3, 0.4) is 0 Å². The van der Waals surface area contributed by atoms with E-state index < -0.39 is 15.8 Å². The van der Waals surface area contributed by atoms with Gasteiger partial charge in [0.2, 0.25) is 10.0 Å². The van der Waals surface area contributed by atoms with Crippen LogP contribution in [0.4, 0.5) is 4.39 Å². The fourth-order valence-electron chi connectivity index (χ4n) is 2.33. The van der Waals surface area contributed by atoms with Crippen molar-refractivity contribution in [3.63, 3.8) is 0 Å². The minimum absolute atomic E-state index is 0.0644. The molecule has 1 aromatic carbocycles. The van der Waals surface area contributed by atoms with E-state index in [-0.39, 0.29) is 22.9 Å². The largest absolute Gasteiger partial charge is 0.313 e. The van der Waals surface area contributed by atoms with Crippen LogP contribution in [0.5, 0.6) is 0 Å². The van der Waals surface area contributed by atoms with E-state index in [1.165, 1.54) is 18.2 Å². The van der Waals surface area contributed by atoms with Crippen molar-refractivity contribution in [3.05, 3.63) is 34.6 Å². The molecule has 1 aliphatic heterocycles. The molecule has 112 valence electrons. The zero-order chi connectivity index (χ0) is 14.8. The molecule has 2 unspecified atom stereocenters. The molecule has 0 radical (unpaired) electrons. The summed E-state index contributed by atoms with van der Waals surface area (Å²) in [6.07, 6.45) is 1.76. The van der Waals surface area contributed by atoms with Gasteiger partial charge < -0.3 is 5.32 Å². The van der Waals surface area contributed by atoms with E-state index in [2.05, 4.69) is 10.0 Å². The minimum atomic E-state index is -3.47. The number of nitrogens with one attached hydrogen (secondary N) is 2. The number of piperidine rings is 1. The van der Waals surface area contributed by atoms with Crippen LogP contribution in [0.25, 0.3) is 0 Å². The molecular weight excluding hydrogens is 303 g/mol. The molecule has 1 fully saturated rings. The summed E-state index contributed by atoms with van der Waals surface area (Å²) in [5.41, 5.74) is 0.473. The first-order valence-corrected chi connectivity index (χ1v) is 8.58. The molecule has 0 aliphatic carbocycles. The van der Waals surface area contributed by atoms with Crippen LogP contribution < -0.4 is 10.0 Å². The average Bonchev–Trinajstić information content (AvgIpc) is 2.36. The van der Waals surface area contributed by atoms with Crippen LogP contribution in [0.2, 0.25) is 5.02 Å². The number of halogens is 2. The lowest BCUT2D eigenvalue weighted by molar-refractivity contribution is 0.348. The second-order valence-electron chi connectivity index (χ2n) is 5.12. The van der Waals surface area contributed by atoms with Crippen LogP contribution in [0.1, 0.15) is 25.3 Å². The molecule has 0 spiro atoms. The van der Waals surface area contributed by atoms with E-state index >= 15 is 0 Å². The Morgan fingerprint density at radius 2 is 2.25 bits per heavy atom. The first-order chi connectivity index (χ1) is 9.37. The van der Waals surface area contributed by atoms with Crippen molar-refractivity contribution in [1.82, 2.24) is 10.0 Å². The third-order valence-corrected chi connectivity index (χ3v) is 5.10. The molecular formula is C13H18ClFN2O2S. The van der Waals surface area contributed by atoms with Crippen molar-refractivity contribution in [2.24, 2.45) is 0 Å². The first-order valence-electron chi connectivity index (χ1n) is 6.55. The van der Waals surface area contributed by atoms with E-state index in [1.807, 2.05) is 6.92 Å². The fraction of sp³-hybridized carbons (Fsp3) is 0.538. The third kappa shape index (κ3) is 4.15. The lowest BCUT2D eigenvalue weighted by atomic mass is 10.0. The molecule has 2 atom stereocenters. The van der Waals surface area contributed by atoms with Gasteiger partial charge in [0.15, 0.2) is 0 Å². The number of rotatable bonds is 4. The smallest absolute Gasteiger partial charge is 0.216 e. The van der Waals surface area contributed by atoms with Gasteiger partial charge in [0.25, 0.3) is 0 Å². The molecule has 1 aromatic rings. The predicted molar refractivity (Wildman–Crippen MR) is 77.7 cm³/mol. The quantitative estimate of drug-likeness (QED) is 0.892. The summed E-state index contributed by atoms with van der Waals surface area (Å²) in [5.74, 6) is -0.748. The van der Waals surface area contributed by atoms with Gasteiger partial charge in [0, 0.05) is 12.1 Å². The van der Waals surface area contributed by atoms with E-state index in [1.54, 1.807) is 0 Å². The molecule has 1 saturated heterocycles. The summed E-state index contributed by atoms with van der Waals surface area (Å²) >= 11 is 5.66. The maximum Gasteiger partial charge on any atom is 0.216 e. The molecule has 4 nitrogen and oxygen atoms in total. The van der Waals surface area contributed by atoms with Gasteiger partial charge in [-0.15, -0.1) is 0 Å².